The van der Waals surface area contributed by atoms with E-state index in [1.165, 1.54) is 17.2 Å². The second-order valence-electron chi connectivity index (χ2n) is 5.89. The summed E-state index contributed by atoms with van der Waals surface area (Å²) in [6, 6.07) is 0. The average molecular weight is 442 g/mol. The lowest BCUT2D eigenvalue weighted by atomic mass is 10.1. The molecule has 0 spiro atoms. The largest absolute Gasteiger partial charge is 0.387 e. The van der Waals surface area contributed by atoms with E-state index < -0.39 is 24.5 Å². The van der Waals surface area contributed by atoms with Gasteiger partial charge < -0.3 is 25.4 Å². The number of nitrogens with two attached hydrogens (primary N) is 1. The summed E-state index contributed by atoms with van der Waals surface area (Å²) in [6.07, 6.45) is -0.989. The van der Waals surface area contributed by atoms with Crippen LogP contribution in [0.15, 0.2) is 27.9 Å². The third kappa shape index (κ3) is 3.10. The molecule has 3 aromatic rings. The summed E-state index contributed by atoms with van der Waals surface area (Å²) in [6.45, 7) is 0.524. The number of aromatic nitrogens is 4. The summed E-state index contributed by atoms with van der Waals surface area (Å²) in [5, 5.41) is 24.7. The highest BCUT2D eigenvalue weighted by molar-refractivity contribution is 9.10. The number of rotatable bonds is 5. The number of fused-ring (bicyclic) bond motifs is 1. The third-order valence-corrected chi connectivity index (χ3v) is 6.06. The maximum atomic E-state index is 10.4. The first kappa shape index (κ1) is 17.8. The van der Waals surface area contributed by atoms with E-state index in [9.17, 15) is 10.2 Å². The smallest absolute Gasteiger partial charge is 0.167 e. The van der Waals surface area contributed by atoms with Crippen LogP contribution in [0.5, 0.6) is 0 Å². The molecule has 1 aliphatic rings. The number of thiophene rings is 1. The molecule has 1 aliphatic heterocycles. The Morgan fingerprint density at radius 2 is 2.12 bits per heavy atom. The van der Waals surface area contributed by atoms with Crippen molar-refractivity contribution in [2.45, 2.75) is 31.1 Å². The Morgan fingerprint density at radius 1 is 1.27 bits per heavy atom. The molecule has 4 heterocycles. The number of hydrogen-bond donors (Lipinski definition) is 3. The number of nitrogens with zero attached hydrogens (tertiary/aromatic N) is 4. The topological polar surface area (TPSA) is 129 Å². The van der Waals surface area contributed by atoms with Gasteiger partial charge in [0.05, 0.1) is 19.5 Å². The minimum absolute atomic E-state index is 0.140. The molecular formula is C15H16BrN5O4S. The Balaban J connectivity index is 1.47. The third-order valence-electron chi connectivity index (χ3n) is 4.23. The molecule has 4 N–H and O–H groups in total. The van der Waals surface area contributed by atoms with E-state index in [0.717, 1.165) is 10.0 Å². The lowest BCUT2D eigenvalue weighted by Crippen LogP contribution is -2.33. The molecule has 0 saturated carbocycles. The summed E-state index contributed by atoms with van der Waals surface area (Å²) in [5.74, 6) is 0.239. The monoisotopic (exact) mass is 441 g/mol. The molecule has 1 saturated heterocycles. The van der Waals surface area contributed by atoms with E-state index >= 15 is 0 Å². The normalized spacial score (nSPS) is 26.0. The second kappa shape index (κ2) is 7.18. The van der Waals surface area contributed by atoms with Gasteiger partial charge in [-0.15, -0.1) is 0 Å². The molecule has 4 rings (SSSR count). The van der Waals surface area contributed by atoms with Gasteiger partial charge in [0.1, 0.15) is 30.2 Å². The quantitative estimate of drug-likeness (QED) is 0.535. The predicted octanol–water partition coefficient (Wildman–Crippen LogP) is 1.07. The van der Waals surface area contributed by atoms with Crippen LogP contribution in [0.1, 0.15) is 11.8 Å². The van der Waals surface area contributed by atoms with E-state index in [0.29, 0.717) is 17.8 Å². The molecule has 3 aromatic heterocycles. The van der Waals surface area contributed by atoms with Crippen molar-refractivity contribution >= 4 is 44.2 Å². The number of aliphatic hydroxyl groups excluding tert-OH is 2. The standard InChI is InChI=1S/C15H16BrN5O4S/c16-8-4-26-3-7(8)1-24-2-9-11(22)12(23)15(25-9)21-6-20-10-13(17)18-5-19-14(10)21/h3-6,9,11-12,15,22-23H,1-2H2,(H2,17,18,19)/t9-,11-,12-,15-/m1/s1. The fourth-order valence-electron chi connectivity index (χ4n) is 2.85. The number of ether oxygens (including phenoxy) is 2. The SMILES string of the molecule is Nc1ncnc2c1ncn2[C@@H]1O[C@H](COCc2cscc2Br)[C@@H](O)[C@H]1O. The highest BCUT2D eigenvalue weighted by Crippen LogP contribution is 2.32. The predicted molar refractivity (Wildman–Crippen MR) is 97.3 cm³/mol. The summed E-state index contributed by atoms with van der Waals surface area (Å²) in [4.78, 5) is 12.2. The number of anilines is 1. The van der Waals surface area contributed by atoms with Crippen LogP contribution < -0.4 is 5.73 Å². The lowest BCUT2D eigenvalue weighted by molar-refractivity contribution is -0.0682. The van der Waals surface area contributed by atoms with E-state index in [1.54, 1.807) is 11.3 Å². The highest BCUT2D eigenvalue weighted by Gasteiger charge is 2.44. The molecule has 9 nitrogen and oxygen atoms in total. The van der Waals surface area contributed by atoms with Crippen LogP contribution in [0.3, 0.4) is 0 Å². The minimum Gasteiger partial charge on any atom is -0.387 e. The van der Waals surface area contributed by atoms with Crippen LogP contribution >= 0.6 is 27.3 Å². The molecule has 0 bridgehead atoms. The summed E-state index contributed by atoms with van der Waals surface area (Å²) < 4.78 is 14.0. The molecule has 1 fully saturated rings. The Labute approximate surface area is 160 Å². The fraction of sp³-hybridized carbons (Fsp3) is 0.400. The van der Waals surface area contributed by atoms with Crippen molar-refractivity contribution in [2.75, 3.05) is 12.3 Å². The van der Waals surface area contributed by atoms with Crippen molar-refractivity contribution in [2.24, 2.45) is 0 Å². The zero-order valence-corrected chi connectivity index (χ0v) is 15.8. The maximum absolute atomic E-state index is 10.4. The number of halogens is 1. The Kier molecular flexibility index (Phi) is 4.90. The van der Waals surface area contributed by atoms with Crippen molar-refractivity contribution in [1.29, 1.82) is 0 Å². The molecule has 4 atom stereocenters. The second-order valence-corrected chi connectivity index (χ2v) is 7.49. The number of aliphatic hydroxyl groups is 2. The van der Waals surface area contributed by atoms with Gasteiger partial charge in [-0.1, -0.05) is 0 Å². The van der Waals surface area contributed by atoms with Crippen molar-refractivity contribution in [3.05, 3.63) is 33.5 Å². The Bertz CT molecular complexity index is 918. The van der Waals surface area contributed by atoms with Gasteiger partial charge in [0.15, 0.2) is 17.7 Å². The van der Waals surface area contributed by atoms with E-state index in [1.807, 2.05) is 10.8 Å². The zero-order chi connectivity index (χ0) is 18.3. The van der Waals surface area contributed by atoms with Gasteiger partial charge in [-0.2, -0.15) is 11.3 Å². The van der Waals surface area contributed by atoms with Crippen LogP contribution in [0.2, 0.25) is 0 Å². The first-order chi connectivity index (χ1) is 12.6. The summed E-state index contributed by atoms with van der Waals surface area (Å²) in [5.41, 5.74) is 7.64. The van der Waals surface area contributed by atoms with Crippen LogP contribution in [0, 0.1) is 0 Å². The molecule has 0 radical (unpaired) electrons. The molecule has 26 heavy (non-hydrogen) atoms. The van der Waals surface area contributed by atoms with Crippen LogP contribution in [0.25, 0.3) is 11.2 Å². The summed E-state index contributed by atoms with van der Waals surface area (Å²) in [7, 11) is 0. The van der Waals surface area contributed by atoms with Gasteiger partial charge in [0.25, 0.3) is 0 Å². The van der Waals surface area contributed by atoms with Gasteiger partial charge >= 0.3 is 0 Å². The maximum Gasteiger partial charge on any atom is 0.167 e. The number of hydrogen-bond acceptors (Lipinski definition) is 9. The zero-order valence-electron chi connectivity index (χ0n) is 13.4. The van der Waals surface area contributed by atoms with Gasteiger partial charge in [-0.3, -0.25) is 4.57 Å². The van der Waals surface area contributed by atoms with E-state index in [2.05, 4.69) is 30.9 Å². The number of nitrogen functional groups attached to an aromatic ring is 1. The highest BCUT2D eigenvalue weighted by atomic mass is 79.9. The van der Waals surface area contributed by atoms with Crippen LogP contribution in [-0.2, 0) is 16.1 Å². The van der Waals surface area contributed by atoms with Gasteiger partial charge in [-0.05, 0) is 21.3 Å². The molecule has 11 heteroatoms. The molecule has 0 aromatic carbocycles. The fourth-order valence-corrected chi connectivity index (χ4v) is 4.25. The van der Waals surface area contributed by atoms with Crippen molar-refractivity contribution in [3.8, 4) is 0 Å². The first-order valence-electron chi connectivity index (χ1n) is 7.79. The average Bonchev–Trinajstić information content (AvgIpc) is 3.30. The van der Waals surface area contributed by atoms with Crippen LogP contribution in [-0.4, -0.2) is 54.7 Å². The van der Waals surface area contributed by atoms with Crippen molar-refractivity contribution in [1.82, 2.24) is 19.5 Å². The van der Waals surface area contributed by atoms with E-state index in [-0.39, 0.29) is 12.4 Å². The molecule has 0 aliphatic carbocycles. The van der Waals surface area contributed by atoms with Gasteiger partial charge in [0.2, 0.25) is 0 Å². The minimum atomic E-state index is -1.15. The summed E-state index contributed by atoms with van der Waals surface area (Å²) >= 11 is 5.01. The molecular weight excluding hydrogens is 426 g/mol. The van der Waals surface area contributed by atoms with E-state index in [4.69, 9.17) is 15.2 Å². The molecule has 138 valence electrons. The Hall–Kier alpha value is -1.63. The van der Waals surface area contributed by atoms with Gasteiger partial charge in [-0.25, -0.2) is 15.0 Å². The van der Waals surface area contributed by atoms with Crippen LogP contribution in [0.4, 0.5) is 5.82 Å². The van der Waals surface area contributed by atoms with Crippen molar-refractivity contribution < 1.29 is 19.7 Å². The first-order valence-corrected chi connectivity index (χ1v) is 9.52. The van der Waals surface area contributed by atoms with Gasteiger partial charge in [0, 0.05) is 15.4 Å². The molecule has 0 amide bonds. The lowest BCUT2D eigenvalue weighted by Gasteiger charge is -2.16. The number of imidazole rings is 1. The van der Waals surface area contributed by atoms with Crippen molar-refractivity contribution in [3.63, 3.8) is 0 Å². The molecule has 0 unspecified atom stereocenters. The Morgan fingerprint density at radius 3 is 2.88 bits per heavy atom.